The minimum atomic E-state index is 0.502. The second-order valence-electron chi connectivity index (χ2n) is 7.93. The molecule has 2 N–H and O–H groups in total. The van der Waals surface area contributed by atoms with Crippen molar-refractivity contribution >= 4 is 51.3 Å². The fraction of sp³-hybridized carbons (Fsp3) is 0.160. The van der Waals surface area contributed by atoms with Crippen molar-refractivity contribution in [3.05, 3.63) is 77.8 Å². The molecule has 34 heavy (non-hydrogen) atoms. The van der Waals surface area contributed by atoms with Gasteiger partial charge in [-0.05, 0) is 47.8 Å². The second kappa shape index (κ2) is 9.12. The molecular weight excluding hydrogens is 446 g/mol. The molecule has 170 valence electrons. The number of rotatable bonds is 6. The molecule has 4 heterocycles. The lowest BCUT2D eigenvalue weighted by molar-refractivity contribution is 0.122. The molecule has 1 saturated heterocycles. The van der Waals surface area contributed by atoms with Crippen molar-refractivity contribution in [2.45, 2.75) is 0 Å². The molecule has 0 spiro atoms. The normalized spacial score (nSPS) is 13.8. The number of anilines is 5. The number of hydrogen-bond acceptors (Lipinski definition) is 8. The molecule has 1 fully saturated rings. The Hall–Kier alpha value is -3.95. The maximum atomic E-state index is 5.46. The van der Waals surface area contributed by atoms with Crippen LogP contribution < -0.4 is 15.5 Å². The van der Waals surface area contributed by atoms with Crippen molar-refractivity contribution in [1.29, 1.82) is 0 Å². The number of nitrogens with zero attached hydrogens (tertiary/aromatic N) is 5. The van der Waals surface area contributed by atoms with E-state index in [0.29, 0.717) is 17.3 Å². The zero-order chi connectivity index (χ0) is 22.7. The highest BCUT2D eigenvalue weighted by atomic mass is 32.1. The van der Waals surface area contributed by atoms with E-state index in [1.807, 2.05) is 40.3 Å². The Morgan fingerprint density at radius 2 is 1.62 bits per heavy atom. The summed E-state index contributed by atoms with van der Waals surface area (Å²) in [5.41, 5.74) is 5.52. The van der Waals surface area contributed by atoms with Gasteiger partial charge in [0.2, 0.25) is 5.95 Å². The molecule has 9 heteroatoms. The highest BCUT2D eigenvalue weighted by molar-refractivity contribution is 7.08. The predicted octanol–water partition coefficient (Wildman–Crippen LogP) is 5.20. The van der Waals surface area contributed by atoms with E-state index in [1.165, 1.54) is 5.69 Å². The molecule has 0 unspecified atom stereocenters. The van der Waals surface area contributed by atoms with Crippen LogP contribution in [0.3, 0.4) is 0 Å². The van der Waals surface area contributed by atoms with Gasteiger partial charge in [0.05, 0.1) is 18.9 Å². The summed E-state index contributed by atoms with van der Waals surface area (Å²) in [6.45, 7) is 3.35. The third kappa shape index (κ3) is 4.18. The van der Waals surface area contributed by atoms with Gasteiger partial charge in [0.15, 0.2) is 17.0 Å². The number of thiophene rings is 1. The first-order chi connectivity index (χ1) is 16.8. The molecule has 0 atom stereocenters. The number of para-hydroxylation sites is 1. The summed E-state index contributed by atoms with van der Waals surface area (Å²) in [7, 11) is 0. The smallest absolute Gasteiger partial charge is 0.231 e. The van der Waals surface area contributed by atoms with Crippen LogP contribution in [-0.4, -0.2) is 45.8 Å². The summed E-state index contributed by atoms with van der Waals surface area (Å²) in [5.74, 6) is 1.15. The van der Waals surface area contributed by atoms with Crippen molar-refractivity contribution in [1.82, 2.24) is 19.5 Å². The lowest BCUT2D eigenvalue weighted by atomic mass is 10.2. The Balaban J connectivity index is 1.35. The van der Waals surface area contributed by atoms with E-state index in [0.717, 1.165) is 49.0 Å². The monoisotopic (exact) mass is 469 g/mol. The summed E-state index contributed by atoms with van der Waals surface area (Å²) in [6.07, 6.45) is 1.79. The zero-order valence-corrected chi connectivity index (χ0v) is 19.2. The number of imidazole rings is 1. The molecule has 1 aliphatic heterocycles. The summed E-state index contributed by atoms with van der Waals surface area (Å²) in [4.78, 5) is 16.5. The molecule has 0 radical (unpaired) electrons. The minimum Gasteiger partial charge on any atom is -0.378 e. The zero-order valence-electron chi connectivity index (χ0n) is 18.4. The largest absolute Gasteiger partial charge is 0.378 e. The first kappa shape index (κ1) is 20.6. The van der Waals surface area contributed by atoms with E-state index in [4.69, 9.17) is 14.7 Å². The van der Waals surface area contributed by atoms with Crippen molar-refractivity contribution < 1.29 is 4.74 Å². The van der Waals surface area contributed by atoms with Crippen LogP contribution in [0, 0.1) is 0 Å². The van der Waals surface area contributed by atoms with Crippen molar-refractivity contribution in [2.24, 2.45) is 0 Å². The number of aromatic nitrogens is 4. The first-order valence-corrected chi connectivity index (χ1v) is 12.1. The Morgan fingerprint density at radius 1 is 0.824 bits per heavy atom. The number of nitrogens with one attached hydrogen (secondary N) is 2. The number of benzene rings is 2. The average molecular weight is 470 g/mol. The Bertz CT molecular complexity index is 1380. The lowest BCUT2D eigenvalue weighted by Gasteiger charge is -2.28. The SMILES string of the molecule is c1ccc(Nc2nc(Nc3ccc(N4CCOCC4)cc3)nc3c2ncn3-c2ccsc2)cc1. The molecule has 5 aromatic rings. The van der Waals surface area contributed by atoms with Crippen molar-refractivity contribution in [3.8, 4) is 5.69 Å². The second-order valence-corrected chi connectivity index (χ2v) is 8.71. The Kier molecular flexibility index (Phi) is 5.54. The van der Waals surface area contributed by atoms with Crippen LogP contribution in [0.25, 0.3) is 16.9 Å². The minimum absolute atomic E-state index is 0.502. The fourth-order valence-corrected chi connectivity index (χ4v) is 4.62. The number of hydrogen-bond donors (Lipinski definition) is 2. The van der Waals surface area contributed by atoms with Gasteiger partial charge in [-0.2, -0.15) is 21.3 Å². The lowest BCUT2D eigenvalue weighted by Crippen LogP contribution is -2.36. The standard InChI is InChI=1S/C25H23N7OS/c1-2-4-18(5-3-1)27-23-22-24(32(17-26-22)21-10-15-34-16-21)30-25(29-23)28-19-6-8-20(9-7-19)31-11-13-33-14-12-31/h1-10,15-17H,11-14H2,(H2,27,28,29,30). The predicted molar refractivity (Wildman–Crippen MR) is 137 cm³/mol. The van der Waals surface area contributed by atoms with Gasteiger partial charge in [0, 0.05) is 35.5 Å². The van der Waals surface area contributed by atoms with Gasteiger partial charge in [-0.1, -0.05) is 18.2 Å². The molecule has 0 saturated carbocycles. The molecular formula is C25H23N7OS. The molecule has 0 amide bonds. The van der Waals surface area contributed by atoms with Crippen LogP contribution in [0.1, 0.15) is 0 Å². The van der Waals surface area contributed by atoms with E-state index in [1.54, 1.807) is 17.7 Å². The van der Waals surface area contributed by atoms with Gasteiger partial charge >= 0.3 is 0 Å². The van der Waals surface area contributed by atoms with Crippen molar-refractivity contribution in [3.63, 3.8) is 0 Å². The van der Waals surface area contributed by atoms with Crippen molar-refractivity contribution in [2.75, 3.05) is 41.8 Å². The van der Waals surface area contributed by atoms with E-state index < -0.39 is 0 Å². The van der Waals surface area contributed by atoms with Gasteiger partial charge in [-0.25, -0.2) is 4.98 Å². The number of morpholine rings is 1. The molecule has 8 nitrogen and oxygen atoms in total. The average Bonchev–Trinajstić information content (AvgIpc) is 3.56. The first-order valence-electron chi connectivity index (χ1n) is 11.1. The number of fused-ring (bicyclic) bond motifs is 1. The van der Waals surface area contributed by atoms with Gasteiger partial charge in [0.25, 0.3) is 0 Å². The topological polar surface area (TPSA) is 80.1 Å². The summed E-state index contributed by atoms with van der Waals surface area (Å²) >= 11 is 1.64. The van der Waals surface area contributed by atoms with Crippen LogP contribution in [0.15, 0.2) is 77.8 Å². The van der Waals surface area contributed by atoms with E-state index in [2.05, 4.69) is 56.2 Å². The third-order valence-corrected chi connectivity index (χ3v) is 6.39. The fourth-order valence-electron chi connectivity index (χ4n) is 3.99. The molecule has 6 rings (SSSR count). The molecule has 3 aromatic heterocycles. The maximum Gasteiger partial charge on any atom is 0.231 e. The molecule has 2 aromatic carbocycles. The Labute approximate surface area is 200 Å². The van der Waals surface area contributed by atoms with Gasteiger partial charge in [-0.15, -0.1) is 0 Å². The van der Waals surface area contributed by atoms with Gasteiger partial charge in [0.1, 0.15) is 6.33 Å². The summed E-state index contributed by atoms with van der Waals surface area (Å²) < 4.78 is 7.44. The highest BCUT2D eigenvalue weighted by Crippen LogP contribution is 2.28. The number of ether oxygens (including phenoxy) is 1. The molecule has 0 bridgehead atoms. The van der Waals surface area contributed by atoms with Gasteiger partial charge < -0.3 is 20.3 Å². The Morgan fingerprint density at radius 3 is 2.38 bits per heavy atom. The third-order valence-electron chi connectivity index (χ3n) is 5.72. The van der Waals surface area contributed by atoms with Gasteiger partial charge in [-0.3, -0.25) is 4.57 Å². The summed E-state index contributed by atoms with van der Waals surface area (Å²) in [6, 6.07) is 20.4. The van der Waals surface area contributed by atoms with E-state index in [-0.39, 0.29) is 0 Å². The van der Waals surface area contributed by atoms with Crippen LogP contribution in [0.5, 0.6) is 0 Å². The van der Waals surface area contributed by atoms with E-state index >= 15 is 0 Å². The van der Waals surface area contributed by atoms with Crippen LogP contribution in [-0.2, 0) is 4.74 Å². The van der Waals surface area contributed by atoms with Crippen LogP contribution in [0.2, 0.25) is 0 Å². The molecule has 0 aliphatic carbocycles. The summed E-state index contributed by atoms with van der Waals surface area (Å²) in [5, 5.41) is 10.9. The highest BCUT2D eigenvalue weighted by Gasteiger charge is 2.16. The molecule has 1 aliphatic rings. The maximum absolute atomic E-state index is 5.46. The van der Waals surface area contributed by atoms with Crippen LogP contribution >= 0.6 is 11.3 Å². The van der Waals surface area contributed by atoms with E-state index in [9.17, 15) is 0 Å². The quantitative estimate of drug-likeness (QED) is 0.354. The van der Waals surface area contributed by atoms with Crippen LogP contribution in [0.4, 0.5) is 28.8 Å².